The molecule has 3 nitrogen and oxygen atoms in total. The number of pyridine rings is 1. The predicted octanol–water partition coefficient (Wildman–Crippen LogP) is 1.39. The Morgan fingerprint density at radius 3 is 3.33 bits per heavy atom. The first-order valence-electron chi connectivity index (χ1n) is 4.07. The molecule has 0 fully saturated rings. The van der Waals surface area contributed by atoms with Crippen molar-refractivity contribution in [2.75, 3.05) is 11.9 Å². The molecule has 1 aromatic rings. The maximum atomic E-state index is 5.50. The largest absolute Gasteiger partial charge is 0.354 e. The standard InChI is InChI=1S/C9H12N2O/c1-7-11(2)9-8(6-12-7)4-3-5-10-9/h3-5,7H,6H2,1-2H3. The Kier molecular flexibility index (Phi) is 1.73. The lowest BCUT2D eigenvalue weighted by Crippen LogP contribution is -2.36. The molecule has 0 amide bonds. The number of hydrogen-bond acceptors (Lipinski definition) is 3. The van der Waals surface area contributed by atoms with Crippen LogP contribution >= 0.6 is 0 Å². The Bertz CT molecular complexity index is 288. The Balaban J connectivity index is 2.42. The highest BCUT2D eigenvalue weighted by atomic mass is 16.5. The van der Waals surface area contributed by atoms with Gasteiger partial charge in [0, 0.05) is 18.8 Å². The third-order valence-corrected chi connectivity index (χ3v) is 2.23. The Morgan fingerprint density at radius 2 is 2.50 bits per heavy atom. The van der Waals surface area contributed by atoms with Crippen molar-refractivity contribution in [1.29, 1.82) is 0 Å². The summed E-state index contributed by atoms with van der Waals surface area (Å²) in [6.45, 7) is 2.70. The second-order valence-electron chi connectivity index (χ2n) is 3.01. The molecule has 0 radical (unpaired) electrons. The summed E-state index contributed by atoms with van der Waals surface area (Å²) in [6.07, 6.45) is 1.94. The fourth-order valence-corrected chi connectivity index (χ4v) is 1.35. The molecule has 0 saturated carbocycles. The van der Waals surface area contributed by atoms with Crippen LogP contribution in [0.15, 0.2) is 18.3 Å². The molecule has 0 aromatic carbocycles. The van der Waals surface area contributed by atoms with Crippen molar-refractivity contribution in [3.63, 3.8) is 0 Å². The van der Waals surface area contributed by atoms with Crippen LogP contribution in [-0.2, 0) is 11.3 Å². The molecule has 1 aromatic heterocycles. The van der Waals surface area contributed by atoms with Gasteiger partial charge in [0.2, 0.25) is 0 Å². The first kappa shape index (κ1) is 7.55. The summed E-state index contributed by atoms with van der Waals surface area (Å²) >= 11 is 0. The predicted molar refractivity (Wildman–Crippen MR) is 46.9 cm³/mol. The highest BCUT2D eigenvalue weighted by molar-refractivity contribution is 5.47. The van der Waals surface area contributed by atoms with Crippen LogP contribution in [0.5, 0.6) is 0 Å². The van der Waals surface area contributed by atoms with Crippen LogP contribution < -0.4 is 4.90 Å². The highest BCUT2D eigenvalue weighted by Crippen LogP contribution is 2.24. The Hall–Kier alpha value is -1.09. The number of rotatable bonds is 0. The molecule has 0 N–H and O–H groups in total. The number of nitrogens with zero attached hydrogens (tertiary/aromatic N) is 2. The summed E-state index contributed by atoms with van der Waals surface area (Å²) in [7, 11) is 2.00. The van der Waals surface area contributed by atoms with Gasteiger partial charge in [0.25, 0.3) is 0 Å². The molecule has 2 heterocycles. The van der Waals surface area contributed by atoms with E-state index < -0.39 is 0 Å². The molecule has 12 heavy (non-hydrogen) atoms. The van der Waals surface area contributed by atoms with Crippen LogP contribution in [0, 0.1) is 0 Å². The molecule has 3 heteroatoms. The van der Waals surface area contributed by atoms with Crippen LogP contribution in [0.25, 0.3) is 0 Å². The van der Waals surface area contributed by atoms with Gasteiger partial charge in [-0.05, 0) is 13.0 Å². The second kappa shape index (κ2) is 2.75. The van der Waals surface area contributed by atoms with Crippen molar-refractivity contribution in [2.24, 2.45) is 0 Å². The van der Waals surface area contributed by atoms with Gasteiger partial charge in [-0.15, -0.1) is 0 Å². The number of hydrogen-bond donors (Lipinski definition) is 0. The monoisotopic (exact) mass is 164 g/mol. The second-order valence-corrected chi connectivity index (χ2v) is 3.01. The molecular weight excluding hydrogens is 152 g/mol. The van der Waals surface area contributed by atoms with E-state index in [1.807, 2.05) is 37.2 Å². The smallest absolute Gasteiger partial charge is 0.135 e. The molecule has 0 aliphatic carbocycles. The van der Waals surface area contributed by atoms with Crippen molar-refractivity contribution in [3.05, 3.63) is 23.9 Å². The topological polar surface area (TPSA) is 25.4 Å². The minimum atomic E-state index is 0.132. The zero-order valence-corrected chi connectivity index (χ0v) is 7.32. The number of ether oxygens (including phenoxy) is 1. The average molecular weight is 164 g/mol. The molecule has 1 atom stereocenters. The summed E-state index contributed by atoms with van der Waals surface area (Å²) in [5, 5.41) is 0. The van der Waals surface area contributed by atoms with Gasteiger partial charge in [-0.2, -0.15) is 0 Å². The first-order valence-corrected chi connectivity index (χ1v) is 4.07. The van der Waals surface area contributed by atoms with Gasteiger partial charge >= 0.3 is 0 Å². The lowest BCUT2D eigenvalue weighted by molar-refractivity contribution is 0.0430. The summed E-state index contributed by atoms with van der Waals surface area (Å²) in [5.74, 6) is 1.04. The van der Waals surface area contributed by atoms with E-state index in [0.717, 1.165) is 11.4 Å². The zero-order valence-electron chi connectivity index (χ0n) is 7.32. The van der Waals surface area contributed by atoms with E-state index in [0.29, 0.717) is 6.61 Å². The SMILES string of the molecule is CC1OCc2cccnc2N1C. The number of anilines is 1. The van der Waals surface area contributed by atoms with Crippen LogP contribution in [0.1, 0.15) is 12.5 Å². The quantitative estimate of drug-likeness (QED) is 0.579. The maximum absolute atomic E-state index is 5.50. The first-order chi connectivity index (χ1) is 5.79. The fourth-order valence-electron chi connectivity index (χ4n) is 1.35. The van der Waals surface area contributed by atoms with E-state index in [2.05, 4.69) is 4.98 Å². The number of fused-ring (bicyclic) bond motifs is 1. The Labute approximate surface area is 72.0 Å². The van der Waals surface area contributed by atoms with Crippen molar-refractivity contribution in [2.45, 2.75) is 19.8 Å². The van der Waals surface area contributed by atoms with Gasteiger partial charge in [0.1, 0.15) is 12.0 Å². The molecule has 0 bridgehead atoms. The molecule has 1 unspecified atom stereocenters. The van der Waals surface area contributed by atoms with Crippen LogP contribution in [0.4, 0.5) is 5.82 Å². The van der Waals surface area contributed by atoms with Gasteiger partial charge in [-0.3, -0.25) is 0 Å². The lowest BCUT2D eigenvalue weighted by atomic mass is 10.2. The molecular formula is C9H12N2O. The fraction of sp³-hybridized carbons (Fsp3) is 0.444. The van der Waals surface area contributed by atoms with E-state index in [9.17, 15) is 0 Å². The average Bonchev–Trinajstić information content (AvgIpc) is 2.12. The van der Waals surface area contributed by atoms with Gasteiger partial charge in [-0.1, -0.05) is 6.07 Å². The van der Waals surface area contributed by atoms with Crippen molar-refractivity contribution < 1.29 is 4.74 Å². The van der Waals surface area contributed by atoms with Crippen molar-refractivity contribution >= 4 is 5.82 Å². The van der Waals surface area contributed by atoms with E-state index in [4.69, 9.17) is 4.74 Å². The molecule has 1 aliphatic heterocycles. The van der Waals surface area contributed by atoms with Crippen molar-refractivity contribution in [1.82, 2.24) is 4.98 Å². The van der Waals surface area contributed by atoms with Crippen LogP contribution in [-0.4, -0.2) is 18.3 Å². The lowest BCUT2D eigenvalue weighted by Gasteiger charge is -2.32. The molecule has 2 rings (SSSR count). The van der Waals surface area contributed by atoms with E-state index >= 15 is 0 Å². The molecule has 64 valence electrons. The molecule has 0 spiro atoms. The summed E-state index contributed by atoms with van der Waals surface area (Å²) in [5.41, 5.74) is 1.16. The van der Waals surface area contributed by atoms with Crippen LogP contribution in [0.2, 0.25) is 0 Å². The summed E-state index contributed by atoms with van der Waals surface area (Å²) in [6, 6.07) is 3.98. The van der Waals surface area contributed by atoms with Crippen LogP contribution in [0.3, 0.4) is 0 Å². The minimum absolute atomic E-state index is 0.132. The van der Waals surface area contributed by atoms with Gasteiger partial charge in [0.05, 0.1) is 6.61 Å². The normalized spacial score (nSPS) is 22.2. The summed E-state index contributed by atoms with van der Waals surface area (Å²) < 4.78 is 5.50. The third-order valence-electron chi connectivity index (χ3n) is 2.23. The molecule has 0 saturated heterocycles. The number of aromatic nitrogens is 1. The summed E-state index contributed by atoms with van der Waals surface area (Å²) in [4.78, 5) is 6.34. The maximum Gasteiger partial charge on any atom is 0.135 e. The highest BCUT2D eigenvalue weighted by Gasteiger charge is 2.20. The van der Waals surface area contributed by atoms with Crippen molar-refractivity contribution in [3.8, 4) is 0 Å². The van der Waals surface area contributed by atoms with E-state index in [-0.39, 0.29) is 6.23 Å². The van der Waals surface area contributed by atoms with Gasteiger partial charge < -0.3 is 9.64 Å². The third kappa shape index (κ3) is 1.06. The molecule has 1 aliphatic rings. The Morgan fingerprint density at radius 1 is 1.67 bits per heavy atom. The van der Waals surface area contributed by atoms with Gasteiger partial charge in [-0.25, -0.2) is 4.98 Å². The van der Waals surface area contributed by atoms with E-state index in [1.54, 1.807) is 0 Å². The van der Waals surface area contributed by atoms with E-state index in [1.165, 1.54) is 0 Å². The van der Waals surface area contributed by atoms with Gasteiger partial charge in [0.15, 0.2) is 0 Å². The minimum Gasteiger partial charge on any atom is -0.354 e. The zero-order chi connectivity index (χ0) is 8.55.